The number of carbonyl (C=O) groups excluding carboxylic acids is 2. The average molecular weight is 358 g/mol. The zero-order chi connectivity index (χ0) is 18.7. The highest BCUT2D eigenvalue weighted by Gasteiger charge is 2.60. The first-order valence-electron chi connectivity index (χ1n) is 10.8. The van der Waals surface area contributed by atoms with E-state index >= 15 is 0 Å². The van der Waals surface area contributed by atoms with E-state index in [9.17, 15) is 9.59 Å². The van der Waals surface area contributed by atoms with Crippen LogP contribution >= 0.6 is 0 Å². The van der Waals surface area contributed by atoms with Crippen LogP contribution in [0.2, 0.25) is 0 Å². The van der Waals surface area contributed by atoms with E-state index in [2.05, 4.69) is 27.7 Å². The van der Waals surface area contributed by atoms with Gasteiger partial charge in [0.15, 0.2) is 0 Å². The fraction of sp³-hybridized carbons (Fsp3) is 0.870. The summed E-state index contributed by atoms with van der Waals surface area (Å²) in [6, 6.07) is 0. The summed E-state index contributed by atoms with van der Waals surface area (Å²) < 4.78 is 0. The molecule has 3 nitrogen and oxygen atoms in total. The molecule has 0 bridgehead atoms. The van der Waals surface area contributed by atoms with Gasteiger partial charge in [-0.2, -0.15) is 0 Å². The van der Waals surface area contributed by atoms with Crippen LogP contribution in [-0.2, 0) is 9.59 Å². The minimum atomic E-state index is 0.137. The number of aliphatic imine (C=N–C) groups is 1. The van der Waals surface area contributed by atoms with Crippen LogP contribution in [0.3, 0.4) is 0 Å². The first-order valence-corrected chi connectivity index (χ1v) is 10.8. The normalized spacial score (nSPS) is 45.0. The largest absolute Gasteiger partial charge is 0.299 e. The summed E-state index contributed by atoms with van der Waals surface area (Å²) in [6.07, 6.45) is 7.74. The van der Waals surface area contributed by atoms with E-state index in [1.54, 1.807) is 0 Å². The maximum absolute atomic E-state index is 12.9. The number of Topliss-reactive ketones (excluding diaryl/α,β-unsaturated/α-hetero) is 2. The van der Waals surface area contributed by atoms with Gasteiger partial charge in [-0.25, -0.2) is 0 Å². The summed E-state index contributed by atoms with van der Waals surface area (Å²) in [5.41, 5.74) is 1.52. The Kier molecular flexibility index (Phi) is 4.44. The van der Waals surface area contributed by atoms with Gasteiger partial charge in [-0.1, -0.05) is 27.7 Å². The molecule has 4 aliphatic rings. The van der Waals surface area contributed by atoms with Crippen LogP contribution in [0, 0.1) is 40.4 Å². The van der Waals surface area contributed by atoms with Crippen molar-refractivity contribution in [2.75, 3.05) is 6.54 Å². The van der Waals surface area contributed by atoms with Crippen LogP contribution in [0.5, 0.6) is 0 Å². The lowest BCUT2D eigenvalue weighted by Crippen LogP contribution is -2.54. The summed E-state index contributed by atoms with van der Waals surface area (Å²) in [5.74, 6) is 3.54. The topological polar surface area (TPSA) is 46.5 Å². The van der Waals surface area contributed by atoms with Gasteiger partial charge in [0.2, 0.25) is 0 Å². The van der Waals surface area contributed by atoms with Crippen molar-refractivity contribution in [1.82, 2.24) is 0 Å². The maximum atomic E-state index is 12.9. The van der Waals surface area contributed by atoms with E-state index < -0.39 is 0 Å². The van der Waals surface area contributed by atoms with Crippen molar-refractivity contribution in [2.24, 2.45) is 45.4 Å². The molecule has 1 heterocycles. The summed E-state index contributed by atoms with van der Waals surface area (Å²) >= 11 is 0. The molecule has 3 heteroatoms. The van der Waals surface area contributed by atoms with E-state index in [4.69, 9.17) is 4.99 Å². The van der Waals surface area contributed by atoms with Crippen LogP contribution in [0.15, 0.2) is 4.99 Å². The minimum Gasteiger partial charge on any atom is -0.299 e. The average Bonchev–Trinajstić information content (AvgIpc) is 2.92. The van der Waals surface area contributed by atoms with Gasteiger partial charge in [-0.15, -0.1) is 0 Å². The van der Waals surface area contributed by atoms with Gasteiger partial charge in [0, 0.05) is 42.9 Å². The van der Waals surface area contributed by atoms with Gasteiger partial charge in [-0.05, 0) is 61.2 Å². The second-order valence-corrected chi connectivity index (χ2v) is 10.5. The molecule has 0 aromatic carbocycles. The third kappa shape index (κ3) is 2.64. The first kappa shape index (κ1) is 18.4. The highest BCUT2D eigenvalue weighted by atomic mass is 16.1. The predicted octanol–water partition coefficient (Wildman–Crippen LogP) is 4.87. The Bertz CT molecular complexity index is 651. The zero-order valence-electron chi connectivity index (χ0n) is 17.0. The molecule has 0 N–H and O–H groups in total. The number of nitrogens with zero attached hydrogens (tertiary/aromatic N) is 1. The highest BCUT2D eigenvalue weighted by Crippen LogP contribution is 2.64. The lowest BCUT2D eigenvalue weighted by Gasteiger charge is -2.56. The standard InChI is InChI=1S/C23H35NO2/c1-14(2)11-20(26)19-6-5-17-16-13-24-21-12-15(25)7-9-23(21,4)18(16)8-10-22(17,19)3/h14,16-19H,5-13H2,1-4H3/t16-,17-,18+,19?,22-,23+/m0/s1. The Balaban J connectivity index is 1.60. The van der Waals surface area contributed by atoms with Gasteiger partial charge in [0.1, 0.15) is 11.6 Å². The Hall–Kier alpha value is -0.990. The predicted molar refractivity (Wildman–Crippen MR) is 104 cm³/mol. The lowest BCUT2D eigenvalue weighted by molar-refractivity contribution is -0.130. The number of hydrogen-bond acceptors (Lipinski definition) is 3. The smallest absolute Gasteiger partial charge is 0.138 e. The summed E-state index contributed by atoms with van der Waals surface area (Å²) in [6.45, 7) is 10.0. The molecule has 0 amide bonds. The summed E-state index contributed by atoms with van der Waals surface area (Å²) in [7, 11) is 0. The van der Waals surface area contributed by atoms with E-state index in [1.165, 1.54) is 25.0 Å². The number of ketones is 2. The Labute approximate surface area is 158 Å². The molecule has 3 fully saturated rings. The highest BCUT2D eigenvalue weighted by molar-refractivity contribution is 6.07. The third-order valence-electron chi connectivity index (χ3n) is 8.69. The summed E-state index contributed by atoms with van der Waals surface area (Å²) in [4.78, 5) is 29.9. The molecule has 0 aromatic rings. The van der Waals surface area contributed by atoms with Crippen molar-refractivity contribution in [3.05, 3.63) is 0 Å². The van der Waals surface area contributed by atoms with E-state index in [-0.39, 0.29) is 16.7 Å². The molecule has 6 atom stereocenters. The molecule has 0 saturated heterocycles. The quantitative estimate of drug-likeness (QED) is 0.723. The van der Waals surface area contributed by atoms with E-state index in [0.717, 1.165) is 32.2 Å². The van der Waals surface area contributed by atoms with Crippen molar-refractivity contribution in [1.29, 1.82) is 0 Å². The number of fused-ring (bicyclic) bond motifs is 5. The van der Waals surface area contributed by atoms with Crippen molar-refractivity contribution < 1.29 is 9.59 Å². The molecule has 4 rings (SSSR count). The molecule has 0 radical (unpaired) electrons. The van der Waals surface area contributed by atoms with Crippen molar-refractivity contribution in [3.8, 4) is 0 Å². The number of hydrogen-bond donors (Lipinski definition) is 0. The minimum absolute atomic E-state index is 0.137. The number of carbonyl (C=O) groups is 2. The molecular formula is C23H35NO2. The second kappa shape index (κ2) is 6.27. The van der Waals surface area contributed by atoms with Crippen LogP contribution in [0.1, 0.15) is 79.1 Å². The SMILES string of the molecule is CC(C)CC(=O)C1CC[C@H]2[C@@H]3CN=C4CC(=O)CC[C@]4(C)[C@@H]3CC[C@]12C. The summed E-state index contributed by atoms with van der Waals surface area (Å²) in [5, 5.41) is 0. The van der Waals surface area contributed by atoms with E-state index in [1.807, 2.05) is 0 Å². The van der Waals surface area contributed by atoms with Gasteiger partial charge >= 0.3 is 0 Å². The van der Waals surface area contributed by atoms with Crippen molar-refractivity contribution in [2.45, 2.75) is 79.1 Å². The lowest BCUT2D eigenvalue weighted by atomic mass is 9.49. The Morgan fingerprint density at radius 2 is 1.92 bits per heavy atom. The molecule has 144 valence electrons. The van der Waals surface area contributed by atoms with Crippen molar-refractivity contribution in [3.63, 3.8) is 0 Å². The van der Waals surface area contributed by atoms with Crippen molar-refractivity contribution >= 4 is 17.3 Å². The van der Waals surface area contributed by atoms with Gasteiger partial charge in [0.25, 0.3) is 0 Å². The van der Waals surface area contributed by atoms with Crippen LogP contribution in [-0.4, -0.2) is 23.8 Å². The number of rotatable bonds is 3. The molecule has 26 heavy (non-hydrogen) atoms. The molecule has 3 saturated carbocycles. The van der Waals surface area contributed by atoms with Crippen LogP contribution in [0.4, 0.5) is 0 Å². The van der Waals surface area contributed by atoms with Gasteiger partial charge in [-0.3, -0.25) is 14.6 Å². The molecule has 0 spiro atoms. The molecule has 3 aliphatic carbocycles. The molecular weight excluding hydrogens is 322 g/mol. The van der Waals surface area contributed by atoms with Crippen LogP contribution in [0.25, 0.3) is 0 Å². The molecule has 1 aliphatic heterocycles. The van der Waals surface area contributed by atoms with E-state index in [0.29, 0.717) is 41.7 Å². The fourth-order valence-corrected chi connectivity index (χ4v) is 7.28. The van der Waals surface area contributed by atoms with Crippen LogP contribution < -0.4 is 0 Å². The molecule has 1 unspecified atom stereocenters. The Morgan fingerprint density at radius 1 is 1.15 bits per heavy atom. The van der Waals surface area contributed by atoms with Gasteiger partial charge in [0.05, 0.1) is 0 Å². The second-order valence-electron chi connectivity index (χ2n) is 10.5. The maximum Gasteiger partial charge on any atom is 0.138 e. The fourth-order valence-electron chi connectivity index (χ4n) is 7.28. The zero-order valence-corrected chi connectivity index (χ0v) is 17.0. The van der Waals surface area contributed by atoms with Gasteiger partial charge < -0.3 is 0 Å². The third-order valence-corrected chi connectivity index (χ3v) is 8.69. The molecule has 0 aromatic heterocycles. The Morgan fingerprint density at radius 3 is 2.65 bits per heavy atom. The first-order chi connectivity index (χ1) is 12.3. The monoisotopic (exact) mass is 357 g/mol.